The number of hydrogen-bond acceptors (Lipinski definition) is 5. The first kappa shape index (κ1) is 29.6. The Morgan fingerprint density at radius 3 is 2.33 bits per heavy atom. The first-order valence-electron chi connectivity index (χ1n) is 13.9. The Balaban J connectivity index is 1.35. The van der Waals surface area contributed by atoms with E-state index in [-0.39, 0.29) is 11.3 Å². The molecule has 8 nitrogen and oxygen atoms in total. The molecule has 0 unspecified atom stereocenters. The number of ether oxygens (including phenoxy) is 1. The third-order valence-corrected chi connectivity index (χ3v) is 8.10. The number of hydrogen-bond donors (Lipinski definition) is 2. The number of imidazole rings is 1. The zero-order valence-electron chi connectivity index (χ0n) is 23.0. The molecule has 2 heterocycles. The predicted molar refractivity (Wildman–Crippen MR) is 165 cm³/mol. The molecule has 0 saturated heterocycles. The highest BCUT2D eigenvalue weighted by molar-refractivity contribution is 7.85. The van der Waals surface area contributed by atoms with Crippen LogP contribution in [0.5, 0.6) is 5.75 Å². The van der Waals surface area contributed by atoms with Crippen LogP contribution in [-0.4, -0.2) is 39.9 Å². The lowest BCUT2D eigenvalue weighted by Gasteiger charge is -2.13. The molecule has 3 aromatic carbocycles. The summed E-state index contributed by atoms with van der Waals surface area (Å²) in [7, 11) is -3.92. The Morgan fingerprint density at radius 1 is 0.881 bits per heavy atom. The van der Waals surface area contributed by atoms with Crippen LogP contribution in [-0.2, 0) is 23.0 Å². The van der Waals surface area contributed by atoms with Crippen LogP contribution in [0.4, 0.5) is 0 Å². The van der Waals surface area contributed by atoms with Crippen molar-refractivity contribution < 1.29 is 17.7 Å². The van der Waals surface area contributed by atoms with Crippen LogP contribution in [0.25, 0.3) is 17.1 Å². The fraction of sp³-hybridized carbons (Fsp3) is 0.250. The van der Waals surface area contributed by atoms with Crippen molar-refractivity contribution in [3.63, 3.8) is 0 Å². The molecule has 0 bridgehead atoms. The van der Waals surface area contributed by atoms with Crippen molar-refractivity contribution in [1.82, 2.24) is 14.5 Å². The second-order valence-corrected chi connectivity index (χ2v) is 12.2. The maximum Gasteiger partial charge on any atom is 0.278 e. The SMILES string of the molecule is O=c1c(Cc2ccc(Cl)c(OCCCCCCS(=O)(=O)O)c2)nc2c(Cc3ccccc3)[nH]c(-c3ccccc3)cn1-2. The van der Waals surface area contributed by atoms with Crippen LogP contribution >= 0.6 is 11.6 Å². The molecule has 0 saturated carbocycles. The number of aromatic nitrogens is 3. The summed E-state index contributed by atoms with van der Waals surface area (Å²) in [5.41, 5.74) is 4.86. The highest BCUT2D eigenvalue weighted by Crippen LogP contribution is 2.28. The Labute approximate surface area is 250 Å². The summed E-state index contributed by atoms with van der Waals surface area (Å²) < 4.78 is 38.0. The summed E-state index contributed by atoms with van der Waals surface area (Å²) in [6, 6.07) is 25.4. The van der Waals surface area contributed by atoms with Crippen molar-refractivity contribution in [3.8, 4) is 22.8 Å². The summed E-state index contributed by atoms with van der Waals surface area (Å²) in [5, 5.41) is 0.467. The van der Waals surface area contributed by atoms with E-state index in [9.17, 15) is 13.2 Å². The van der Waals surface area contributed by atoms with E-state index in [1.54, 1.807) is 10.6 Å². The number of fused-ring (bicyclic) bond motifs is 1. The van der Waals surface area contributed by atoms with Gasteiger partial charge in [0.15, 0.2) is 5.82 Å². The molecular weight excluding hydrogens is 574 g/mol. The number of H-pyrrole nitrogens is 1. The van der Waals surface area contributed by atoms with E-state index in [1.807, 2.05) is 66.9 Å². The maximum atomic E-state index is 13.6. The molecule has 3 aromatic rings. The lowest BCUT2D eigenvalue weighted by Crippen LogP contribution is -2.17. The van der Waals surface area contributed by atoms with Crippen LogP contribution in [0.3, 0.4) is 0 Å². The second-order valence-electron chi connectivity index (χ2n) is 10.2. The largest absolute Gasteiger partial charge is 0.492 e. The molecule has 42 heavy (non-hydrogen) atoms. The topological polar surface area (TPSA) is 114 Å². The van der Waals surface area contributed by atoms with Crippen molar-refractivity contribution in [1.29, 1.82) is 0 Å². The second kappa shape index (κ2) is 13.4. The van der Waals surface area contributed by atoms with E-state index < -0.39 is 10.1 Å². The normalized spacial score (nSPS) is 11.7. The monoisotopic (exact) mass is 605 g/mol. The Kier molecular flexibility index (Phi) is 9.41. The van der Waals surface area contributed by atoms with Gasteiger partial charge in [0.1, 0.15) is 11.4 Å². The van der Waals surface area contributed by atoms with Gasteiger partial charge in [-0.25, -0.2) is 4.98 Å². The fourth-order valence-electron chi connectivity index (χ4n) is 4.86. The summed E-state index contributed by atoms with van der Waals surface area (Å²) in [6.45, 7) is 0.414. The van der Waals surface area contributed by atoms with Crippen molar-refractivity contribution in [3.05, 3.63) is 123 Å². The predicted octanol–water partition coefficient (Wildman–Crippen LogP) is 6.33. The van der Waals surface area contributed by atoms with Gasteiger partial charge in [-0.1, -0.05) is 91.2 Å². The number of nitrogens with one attached hydrogen (secondary N) is 1. The zero-order valence-corrected chi connectivity index (χ0v) is 24.6. The molecule has 0 fully saturated rings. The molecule has 0 aliphatic carbocycles. The fourth-order valence-corrected chi connectivity index (χ4v) is 5.60. The third-order valence-electron chi connectivity index (χ3n) is 6.98. The van der Waals surface area contributed by atoms with Gasteiger partial charge in [-0.2, -0.15) is 8.42 Å². The average Bonchev–Trinajstić information content (AvgIpc) is 3.29. The van der Waals surface area contributed by atoms with Gasteiger partial charge in [0.2, 0.25) is 0 Å². The number of aromatic amines is 1. The van der Waals surface area contributed by atoms with Crippen LogP contribution in [0.15, 0.2) is 89.9 Å². The Morgan fingerprint density at radius 2 is 1.60 bits per heavy atom. The molecule has 0 aromatic heterocycles. The van der Waals surface area contributed by atoms with Crippen molar-refractivity contribution in [2.24, 2.45) is 0 Å². The summed E-state index contributed by atoms with van der Waals surface area (Å²) in [4.78, 5) is 21.9. The average molecular weight is 606 g/mol. The van der Waals surface area contributed by atoms with E-state index in [4.69, 9.17) is 25.9 Å². The van der Waals surface area contributed by atoms with Gasteiger partial charge in [0.05, 0.1) is 28.8 Å². The van der Waals surface area contributed by atoms with Gasteiger partial charge in [-0.3, -0.25) is 13.9 Å². The summed E-state index contributed by atoms with van der Waals surface area (Å²) >= 11 is 6.38. The van der Waals surface area contributed by atoms with E-state index in [1.165, 1.54) is 0 Å². The molecular formula is C32H32ClN3O5S. The van der Waals surface area contributed by atoms with E-state index in [0.29, 0.717) is 61.0 Å². The first-order chi connectivity index (χ1) is 20.3. The summed E-state index contributed by atoms with van der Waals surface area (Å²) in [5.74, 6) is 0.886. The molecule has 5 rings (SSSR count). The number of unbranched alkanes of at least 4 members (excludes halogenated alkanes) is 3. The maximum absolute atomic E-state index is 13.6. The van der Waals surface area contributed by atoms with Gasteiger partial charge in [0.25, 0.3) is 15.7 Å². The molecule has 218 valence electrons. The van der Waals surface area contributed by atoms with Crippen molar-refractivity contribution in [2.45, 2.75) is 38.5 Å². The molecule has 0 amide bonds. The van der Waals surface area contributed by atoms with Crippen LogP contribution < -0.4 is 10.3 Å². The minimum absolute atomic E-state index is 0.173. The van der Waals surface area contributed by atoms with Gasteiger partial charge in [-0.15, -0.1) is 0 Å². The van der Waals surface area contributed by atoms with Crippen LogP contribution in [0.2, 0.25) is 5.02 Å². The summed E-state index contributed by atoms with van der Waals surface area (Å²) in [6.07, 6.45) is 5.28. The number of halogens is 1. The molecule has 2 N–H and O–H groups in total. The smallest absolute Gasteiger partial charge is 0.278 e. The van der Waals surface area contributed by atoms with Gasteiger partial charge in [-0.05, 0) is 41.7 Å². The van der Waals surface area contributed by atoms with Crippen molar-refractivity contribution in [2.75, 3.05) is 12.4 Å². The molecule has 0 spiro atoms. The number of rotatable bonds is 13. The molecule has 2 aliphatic heterocycles. The molecule has 10 heteroatoms. The quantitative estimate of drug-likeness (QED) is 0.120. The first-order valence-corrected chi connectivity index (χ1v) is 15.8. The van der Waals surface area contributed by atoms with Crippen molar-refractivity contribution >= 4 is 21.7 Å². The molecule has 0 atom stereocenters. The standard InChI is InChI=1S/C32H32ClN3O5S/c33-26-16-15-24(21-30(26)41-17-9-1-2-10-18-42(38,39)40)20-28-32(37)36-22-29(25-13-7-4-8-14-25)34-27(31(36)35-28)19-23-11-5-3-6-12-23/h3-8,11-16,21-22,34H,1-2,9-10,17-20H2,(H,38,39,40). The molecule has 0 radical (unpaired) electrons. The lowest BCUT2D eigenvalue weighted by molar-refractivity contribution is 0.305. The molecule has 2 aliphatic rings. The van der Waals surface area contributed by atoms with Gasteiger partial charge in [0, 0.05) is 19.0 Å². The minimum atomic E-state index is -3.92. The highest BCUT2D eigenvalue weighted by atomic mass is 35.5. The lowest BCUT2D eigenvalue weighted by atomic mass is 10.1. The zero-order chi connectivity index (χ0) is 29.5. The third kappa shape index (κ3) is 7.67. The van der Waals surface area contributed by atoms with Gasteiger partial charge >= 0.3 is 0 Å². The van der Waals surface area contributed by atoms with Crippen LogP contribution in [0.1, 0.15) is 48.2 Å². The number of nitrogens with zero attached hydrogens (tertiary/aromatic N) is 2. The Bertz CT molecular complexity index is 1770. The Hall–Kier alpha value is -3.92. The minimum Gasteiger partial charge on any atom is -0.492 e. The number of benzene rings is 3. The van der Waals surface area contributed by atoms with Crippen LogP contribution in [0, 0.1) is 0 Å². The van der Waals surface area contributed by atoms with E-state index in [0.717, 1.165) is 34.5 Å². The van der Waals surface area contributed by atoms with E-state index >= 15 is 0 Å². The van der Waals surface area contributed by atoms with Gasteiger partial charge < -0.3 is 9.72 Å². The highest BCUT2D eigenvalue weighted by Gasteiger charge is 2.21. The van der Waals surface area contributed by atoms with E-state index in [2.05, 4.69) is 17.1 Å².